The Hall–Kier alpha value is -3.21. The highest BCUT2D eigenvalue weighted by Crippen LogP contribution is 2.18. The lowest BCUT2D eigenvalue weighted by Crippen LogP contribution is -2.11. The van der Waals surface area contributed by atoms with Crippen LogP contribution in [0.25, 0.3) is 21.9 Å². The zero-order valence-electron chi connectivity index (χ0n) is 11.6. The molecule has 106 valence electrons. The normalized spacial score (nSPS) is 10.9. The first-order valence-corrected chi connectivity index (χ1v) is 6.89. The molecule has 0 bridgehead atoms. The SMILES string of the molecule is O=C(Nc1ccc2nccnc2c1)c1ccc2[nH]ccc2c1. The van der Waals surface area contributed by atoms with Gasteiger partial charge in [-0.1, -0.05) is 0 Å². The molecule has 0 fully saturated rings. The van der Waals surface area contributed by atoms with Gasteiger partial charge in [-0.15, -0.1) is 0 Å². The smallest absolute Gasteiger partial charge is 0.255 e. The van der Waals surface area contributed by atoms with Gasteiger partial charge in [-0.25, -0.2) is 0 Å². The van der Waals surface area contributed by atoms with Crippen molar-refractivity contribution in [1.29, 1.82) is 0 Å². The van der Waals surface area contributed by atoms with E-state index in [2.05, 4.69) is 20.3 Å². The highest BCUT2D eigenvalue weighted by molar-refractivity contribution is 6.06. The zero-order chi connectivity index (χ0) is 14.9. The Labute approximate surface area is 126 Å². The van der Waals surface area contributed by atoms with E-state index in [1.165, 1.54) is 0 Å². The van der Waals surface area contributed by atoms with Gasteiger partial charge in [0.15, 0.2) is 0 Å². The monoisotopic (exact) mass is 288 g/mol. The summed E-state index contributed by atoms with van der Waals surface area (Å²) in [6, 6.07) is 13.0. The Kier molecular flexibility index (Phi) is 2.83. The number of fused-ring (bicyclic) bond motifs is 2. The van der Waals surface area contributed by atoms with Crippen molar-refractivity contribution in [1.82, 2.24) is 15.0 Å². The fourth-order valence-electron chi connectivity index (χ4n) is 2.44. The van der Waals surface area contributed by atoms with Crippen LogP contribution < -0.4 is 5.32 Å². The summed E-state index contributed by atoms with van der Waals surface area (Å²) in [6.45, 7) is 0. The van der Waals surface area contributed by atoms with Crippen LogP contribution in [0.2, 0.25) is 0 Å². The average molecular weight is 288 g/mol. The molecule has 0 aliphatic rings. The largest absolute Gasteiger partial charge is 0.361 e. The fraction of sp³-hybridized carbons (Fsp3) is 0. The number of nitrogens with zero attached hydrogens (tertiary/aromatic N) is 2. The summed E-state index contributed by atoms with van der Waals surface area (Å²) in [7, 11) is 0. The van der Waals surface area contributed by atoms with Gasteiger partial charge < -0.3 is 10.3 Å². The number of hydrogen-bond donors (Lipinski definition) is 2. The van der Waals surface area contributed by atoms with Crippen molar-refractivity contribution in [2.24, 2.45) is 0 Å². The molecule has 2 N–H and O–H groups in total. The summed E-state index contributed by atoms with van der Waals surface area (Å²) in [4.78, 5) is 23.9. The molecule has 0 saturated carbocycles. The summed E-state index contributed by atoms with van der Waals surface area (Å²) < 4.78 is 0. The van der Waals surface area contributed by atoms with Crippen LogP contribution in [0.3, 0.4) is 0 Å². The second-order valence-corrected chi connectivity index (χ2v) is 4.99. The van der Waals surface area contributed by atoms with E-state index in [-0.39, 0.29) is 5.91 Å². The van der Waals surface area contributed by atoms with Gasteiger partial charge in [-0.3, -0.25) is 14.8 Å². The second kappa shape index (κ2) is 4.96. The Morgan fingerprint density at radius 2 is 1.82 bits per heavy atom. The molecule has 2 aromatic heterocycles. The molecule has 0 radical (unpaired) electrons. The van der Waals surface area contributed by atoms with Gasteiger partial charge in [0.25, 0.3) is 5.91 Å². The van der Waals surface area contributed by atoms with Crippen molar-refractivity contribution in [3.05, 3.63) is 66.6 Å². The molecule has 0 aliphatic carbocycles. The number of benzene rings is 2. The van der Waals surface area contributed by atoms with Crippen molar-refractivity contribution < 1.29 is 4.79 Å². The number of anilines is 1. The van der Waals surface area contributed by atoms with Crippen molar-refractivity contribution in [3.63, 3.8) is 0 Å². The van der Waals surface area contributed by atoms with Crippen LogP contribution in [0.5, 0.6) is 0 Å². The maximum atomic E-state index is 12.4. The molecule has 0 unspecified atom stereocenters. The number of rotatable bonds is 2. The van der Waals surface area contributed by atoms with E-state index in [4.69, 9.17) is 0 Å². The van der Waals surface area contributed by atoms with Gasteiger partial charge >= 0.3 is 0 Å². The summed E-state index contributed by atoms with van der Waals surface area (Å²) in [5.41, 5.74) is 3.88. The van der Waals surface area contributed by atoms with Crippen molar-refractivity contribution in [2.45, 2.75) is 0 Å². The van der Waals surface area contributed by atoms with Gasteiger partial charge in [0.1, 0.15) is 0 Å². The van der Waals surface area contributed by atoms with Gasteiger partial charge in [0.2, 0.25) is 0 Å². The minimum atomic E-state index is -0.147. The molecule has 0 atom stereocenters. The van der Waals surface area contributed by atoms with E-state index >= 15 is 0 Å². The molecule has 0 saturated heterocycles. The van der Waals surface area contributed by atoms with Crippen LogP contribution in [0.15, 0.2) is 61.1 Å². The van der Waals surface area contributed by atoms with Crippen LogP contribution in [-0.2, 0) is 0 Å². The zero-order valence-corrected chi connectivity index (χ0v) is 11.6. The average Bonchev–Trinajstić information content (AvgIpc) is 3.02. The van der Waals surface area contributed by atoms with Gasteiger partial charge in [-0.05, 0) is 42.5 Å². The maximum absolute atomic E-state index is 12.4. The quantitative estimate of drug-likeness (QED) is 0.594. The third-order valence-corrected chi connectivity index (χ3v) is 3.54. The van der Waals surface area contributed by atoms with Crippen molar-refractivity contribution >= 4 is 33.5 Å². The number of carbonyl (C=O) groups is 1. The van der Waals surface area contributed by atoms with Crippen LogP contribution in [0, 0.1) is 0 Å². The maximum Gasteiger partial charge on any atom is 0.255 e. The minimum absolute atomic E-state index is 0.147. The first-order valence-electron chi connectivity index (χ1n) is 6.89. The Morgan fingerprint density at radius 1 is 0.955 bits per heavy atom. The number of carbonyl (C=O) groups excluding carboxylic acids is 1. The summed E-state index contributed by atoms with van der Waals surface area (Å²) in [5.74, 6) is -0.147. The number of nitrogens with one attached hydrogen (secondary N) is 2. The summed E-state index contributed by atoms with van der Waals surface area (Å²) >= 11 is 0. The lowest BCUT2D eigenvalue weighted by molar-refractivity contribution is 0.102. The van der Waals surface area contributed by atoms with E-state index in [9.17, 15) is 4.79 Å². The number of aromatic nitrogens is 3. The molecule has 4 aromatic rings. The summed E-state index contributed by atoms with van der Waals surface area (Å²) in [6.07, 6.45) is 5.13. The van der Waals surface area contributed by atoms with Crippen LogP contribution in [0.1, 0.15) is 10.4 Å². The van der Waals surface area contributed by atoms with E-state index in [1.807, 2.05) is 42.6 Å². The molecule has 2 aromatic carbocycles. The van der Waals surface area contributed by atoms with E-state index in [1.54, 1.807) is 18.5 Å². The number of amides is 1. The lowest BCUT2D eigenvalue weighted by atomic mass is 10.1. The third kappa shape index (κ3) is 2.18. The minimum Gasteiger partial charge on any atom is -0.361 e. The molecule has 2 heterocycles. The number of hydrogen-bond acceptors (Lipinski definition) is 3. The second-order valence-electron chi connectivity index (χ2n) is 4.99. The molecule has 4 rings (SSSR count). The topological polar surface area (TPSA) is 70.7 Å². The highest BCUT2D eigenvalue weighted by atomic mass is 16.1. The molecule has 5 nitrogen and oxygen atoms in total. The highest BCUT2D eigenvalue weighted by Gasteiger charge is 2.08. The molecule has 1 amide bonds. The third-order valence-electron chi connectivity index (χ3n) is 3.54. The molecule has 0 spiro atoms. The van der Waals surface area contributed by atoms with Gasteiger partial charge in [0.05, 0.1) is 11.0 Å². The molecular formula is C17H12N4O. The van der Waals surface area contributed by atoms with Crippen LogP contribution >= 0.6 is 0 Å². The predicted octanol–water partition coefficient (Wildman–Crippen LogP) is 3.36. The fourth-order valence-corrected chi connectivity index (χ4v) is 2.44. The van der Waals surface area contributed by atoms with Crippen LogP contribution in [-0.4, -0.2) is 20.9 Å². The Bertz CT molecular complexity index is 990. The van der Waals surface area contributed by atoms with Crippen molar-refractivity contribution in [3.8, 4) is 0 Å². The predicted molar refractivity (Wildman–Crippen MR) is 85.8 cm³/mol. The Balaban J connectivity index is 1.64. The number of aromatic amines is 1. The lowest BCUT2D eigenvalue weighted by Gasteiger charge is -2.06. The standard InChI is InChI=1S/C17H12N4O/c22-17(12-1-3-14-11(9-12)5-6-18-14)21-13-2-4-15-16(10-13)20-8-7-19-15/h1-10,18H,(H,21,22). The summed E-state index contributed by atoms with van der Waals surface area (Å²) in [5, 5.41) is 3.90. The van der Waals surface area contributed by atoms with Gasteiger partial charge in [-0.2, -0.15) is 0 Å². The first-order chi connectivity index (χ1) is 10.8. The van der Waals surface area contributed by atoms with Crippen molar-refractivity contribution in [2.75, 3.05) is 5.32 Å². The molecule has 22 heavy (non-hydrogen) atoms. The van der Waals surface area contributed by atoms with E-state index in [0.29, 0.717) is 11.3 Å². The molecule has 0 aliphatic heterocycles. The molecule has 5 heteroatoms. The Morgan fingerprint density at radius 3 is 2.73 bits per heavy atom. The van der Waals surface area contributed by atoms with E-state index in [0.717, 1.165) is 21.9 Å². The first kappa shape index (κ1) is 12.5. The molecular weight excluding hydrogens is 276 g/mol. The van der Waals surface area contributed by atoms with Crippen LogP contribution in [0.4, 0.5) is 5.69 Å². The van der Waals surface area contributed by atoms with E-state index < -0.39 is 0 Å². The van der Waals surface area contributed by atoms with Gasteiger partial charge in [0, 0.05) is 40.7 Å². The number of H-pyrrole nitrogens is 1.